The van der Waals surface area contributed by atoms with E-state index in [1.165, 1.54) is 0 Å². The summed E-state index contributed by atoms with van der Waals surface area (Å²) in [6.07, 6.45) is 1.37. The molecule has 0 radical (unpaired) electrons. The smallest absolute Gasteiger partial charge is 0.317 e. The van der Waals surface area contributed by atoms with Gasteiger partial charge in [-0.25, -0.2) is 4.79 Å². The van der Waals surface area contributed by atoms with Gasteiger partial charge in [-0.15, -0.1) is 0 Å². The largest absolute Gasteiger partial charge is 0.481 e. The molecular formula is C14H19N3O3. The fourth-order valence-electron chi connectivity index (χ4n) is 2.34. The summed E-state index contributed by atoms with van der Waals surface area (Å²) in [5.74, 6) is -1.28. The molecule has 1 aliphatic rings. The van der Waals surface area contributed by atoms with Crippen LogP contribution in [0.5, 0.6) is 0 Å². The minimum atomic E-state index is -0.831. The van der Waals surface area contributed by atoms with Crippen LogP contribution in [0.1, 0.15) is 24.2 Å². The van der Waals surface area contributed by atoms with Crippen LogP contribution >= 0.6 is 0 Å². The van der Waals surface area contributed by atoms with Crippen LogP contribution in [0.15, 0.2) is 18.2 Å². The molecule has 2 N–H and O–H groups in total. The van der Waals surface area contributed by atoms with E-state index in [0.717, 1.165) is 17.8 Å². The predicted molar refractivity (Wildman–Crippen MR) is 73.1 cm³/mol. The van der Waals surface area contributed by atoms with Crippen molar-refractivity contribution in [3.8, 4) is 0 Å². The zero-order chi connectivity index (χ0) is 14.5. The standard InChI is InChI=1S/C14H19N3O3/c1-10-4-2-6-12(16-10)8-15-14(20)17-7-3-5-11(9-17)13(18)19/h2,4,6,11H,3,5,7-9H2,1H3,(H,15,20)(H,18,19)/t11-/m1/s1. The maximum atomic E-state index is 12.0. The molecule has 0 aliphatic carbocycles. The third kappa shape index (κ3) is 3.69. The molecule has 0 unspecified atom stereocenters. The number of carbonyl (C=O) groups is 2. The van der Waals surface area contributed by atoms with Crippen LogP contribution in [0, 0.1) is 12.8 Å². The average Bonchev–Trinajstić information content (AvgIpc) is 2.45. The van der Waals surface area contributed by atoms with Gasteiger partial charge < -0.3 is 15.3 Å². The Bertz CT molecular complexity index is 504. The number of urea groups is 1. The van der Waals surface area contributed by atoms with Gasteiger partial charge in [0.1, 0.15) is 0 Å². The molecule has 1 saturated heterocycles. The van der Waals surface area contributed by atoms with Crippen LogP contribution in [0.25, 0.3) is 0 Å². The number of carboxylic acids is 1. The molecule has 0 aromatic carbocycles. The lowest BCUT2D eigenvalue weighted by molar-refractivity contribution is -0.143. The molecule has 20 heavy (non-hydrogen) atoms. The average molecular weight is 277 g/mol. The fraction of sp³-hybridized carbons (Fsp3) is 0.500. The summed E-state index contributed by atoms with van der Waals surface area (Å²) in [6.45, 7) is 3.14. The topological polar surface area (TPSA) is 82.5 Å². The SMILES string of the molecule is Cc1cccc(CNC(=O)N2CCC[C@@H](C(=O)O)C2)n1. The van der Waals surface area contributed by atoms with Crippen molar-refractivity contribution in [1.29, 1.82) is 0 Å². The molecule has 1 aromatic heterocycles. The Labute approximate surface area is 117 Å². The summed E-state index contributed by atoms with van der Waals surface area (Å²) in [5, 5.41) is 11.8. The van der Waals surface area contributed by atoms with E-state index in [4.69, 9.17) is 5.11 Å². The Morgan fingerprint density at radius 3 is 3.00 bits per heavy atom. The van der Waals surface area contributed by atoms with Gasteiger partial charge in [0.15, 0.2) is 0 Å². The van der Waals surface area contributed by atoms with Crippen molar-refractivity contribution in [2.24, 2.45) is 5.92 Å². The molecule has 108 valence electrons. The number of hydrogen-bond donors (Lipinski definition) is 2. The second kappa shape index (κ2) is 6.36. The first kappa shape index (κ1) is 14.3. The number of amides is 2. The molecule has 1 aromatic rings. The summed E-state index contributed by atoms with van der Waals surface area (Å²) in [4.78, 5) is 28.9. The van der Waals surface area contributed by atoms with Crippen molar-refractivity contribution in [2.75, 3.05) is 13.1 Å². The van der Waals surface area contributed by atoms with Crippen LogP contribution in [0.2, 0.25) is 0 Å². The summed E-state index contributed by atoms with van der Waals surface area (Å²) in [5.41, 5.74) is 1.70. The Kier molecular flexibility index (Phi) is 4.55. The minimum absolute atomic E-state index is 0.223. The lowest BCUT2D eigenvalue weighted by Gasteiger charge is -2.30. The number of nitrogens with one attached hydrogen (secondary N) is 1. The highest BCUT2D eigenvalue weighted by atomic mass is 16.4. The molecule has 0 bridgehead atoms. The Balaban J connectivity index is 1.87. The number of hydrogen-bond acceptors (Lipinski definition) is 3. The zero-order valence-corrected chi connectivity index (χ0v) is 11.5. The molecular weight excluding hydrogens is 258 g/mol. The Morgan fingerprint density at radius 1 is 1.50 bits per heavy atom. The molecule has 2 heterocycles. The van der Waals surface area contributed by atoms with E-state index in [1.54, 1.807) is 4.90 Å². The molecule has 6 nitrogen and oxygen atoms in total. The first-order chi connectivity index (χ1) is 9.56. The second-order valence-corrected chi connectivity index (χ2v) is 5.05. The van der Waals surface area contributed by atoms with E-state index < -0.39 is 11.9 Å². The zero-order valence-electron chi connectivity index (χ0n) is 11.5. The maximum Gasteiger partial charge on any atom is 0.317 e. The van der Waals surface area contributed by atoms with E-state index in [-0.39, 0.29) is 12.6 Å². The highest BCUT2D eigenvalue weighted by molar-refractivity contribution is 5.76. The Morgan fingerprint density at radius 2 is 2.30 bits per heavy atom. The third-order valence-electron chi connectivity index (χ3n) is 3.42. The van der Waals surface area contributed by atoms with Crippen LogP contribution in [0.3, 0.4) is 0 Å². The van der Waals surface area contributed by atoms with Crippen molar-refractivity contribution in [2.45, 2.75) is 26.3 Å². The molecule has 6 heteroatoms. The van der Waals surface area contributed by atoms with Gasteiger partial charge in [-0.05, 0) is 31.9 Å². The van der Waals surface area contributed by atoms with E-state index >= 15 is 0 Å². The van der Waals surface area contributed by atoms with Gasteiger partial charge in [-0.2, -0.15) is 0 Å². The van der Waals surface area contributed by atoms with Gasteiger partial charge in [0.05, 0.1) is 18.2 Å². The van der Waals surface area contributed by atoms with Gasteiger partial charge >= 0.3 is 12.0 Å². The number of carboxylic acid groups (broad SMARTS) is 1. The van der Waals surface area contributed by atoms with Gasteiger partial charge in [0, 0.05) is 18.8 Å². The predicted octanol–water partition coefficient (Wildman–Crippen LogP) is 1.40. The molecule has 2 amide bonds. The van der Waals surface area contributed by atoms with E-state index in [1.807, 2.05) is 25.1 Å². The molecule has 1 fully saturated rings. The number of rotatable bonds is 3. The normalized spacial score (nSPS) is 18.6. The molecule has 2 rings (SSSR count). The maximum absolute atomic E-state index is 12.0. The van der Waals surface area contributed by atoms with Gasteiger partial charge in [0.25, 0.3) is 0 Å². The van der Waals surface area contributed by atoms with Gasteiger partial charge in [0.2, 0.25) is 0 Å². The summed E-state index contributed by atoms with van der Waals surface area (Å²) < 4.78 is 0. The number of carbonyl (C=O) groups excluding carboxylic acids is 1. The summed E-state index contributed by atoms with van der Waals surface area (Å²) in [7, 11) is 0. The first-order valence-electron chi connectivity index (χ1n) is 6.74. The highest BCUT2D eigenvalue weighted by Crippen LogP contribution is 2.16. The molecule has 1 atom stereocenters. The molecule has 0 saturated carbocycles. The number of likely N-dealkylation sites (tertiary alicyclic amines) is 1. The first-order valence-corrected chi connectivity index (χ1v) is 6.74. The summed E-state index contributed by atoms with van der Waals surface area (Å²) >= 11 is 0. The number of piperidine rings is 1. The Hall–Kier alpha value is -2.11. The molecule has 0 spiro atoms. The fourth-order valence-corrected chi connectivity index (χ4v) is 2.34. The monoisotopic (exact) mass is 277 g/mol. The number of pyridine rings is 1. The van der Waals surface area contributed by atoms with Gasteiger partial charge in [-0.1, -0.05) is 6.07 Å². The number of aryl methyl sites for hydroxylation is 1. The second-order valence-electron chi connectivity index (χ2n) is 5.05. The lowest BCUT2D eigenvalue weighted by Crippen LogP contribution is -2.46. The highest BCUT2D eigenvalue weighted by Gasteiger charge is 2.27. The third-order valence-corrected chi connectivity index (χ3v) is 3.42. The molecule has 1 aliphatic heterocycles. The quantitative estimate of drug-likeness (QED) is 0.874. The van der Waals surface area contributed by atoms with Crippen molar-refractivity contribution in [3.05, 3.63) is 29.6 Å². The van der Waals surface area contributed by atoms with Crippen LogP contribution in [-0.4, -0.2) is 40.1 Å². The lowest BCUT2D eigenvalue weighted by atomic mass is 9.99. The van der Waals surface area contributed by atoms with Crippen molar-refractivity contribution in [1.82, 2.24) is 15.2 Å². The number of aromatic nitrogens is 1. The van der Waals surface area contributed by atoms with Crippen LogP contribution in [-0.2, 0) is 11.3 Å². The number of nitrogens with zero attached hydrogens (tertiary/aromatic N) is 2. The van der Waals surface area contributed by atoms with Crippen molar-refractivity contribution < 1.29 is 14.7 Å². The minimum Gasteiger partial charge on any atom is -0.481 e. The van der Waals surface area contributed by atoms with Crippen LogP contribution < -0.4 is 5.32 Å². The van der Waals surface area contributed by atoms with Gasteiger partial charge in [-0.3, -0.25) is 9.78 Å². The van der Waals surface area contributed by atoms with E-state index in [2.05, 4.69) is 10.3 Å². The van der Waals surface area contributed by atoms with Crippen LogP contribution in [0.4, 0.5) is 4.79 Å². The van der Waals surface area contributed by atoms with E-state index in [9.17, 15) is 9.59 Å². The van der Waals surface area contributed by atoms with Crippen molar-refractivity contribution in [3.63, 3.8) is 0 Å². The summed E-state index contributed by atoms with van der Waals surface area (Å²) in [6, 6.07) is 5.42. The van der Waals surface area contributed by atoms with Crippen molar-refractivity contribution >= 4 is 12.0 Å². The number of aliphatic carboxylic acids is 1. The van der Waals surface area contributed by atoms with E-state index in [0.29, 0.717) is 19.5 Å².